The summed E-state index contributed by atoms with van der Waals surface area (Å²) < 4.78 is 5.32. The molecule has 0 spiro atoms. The van der Waals surface area contributed by atoms with Crippen LogP contribution in [-0.4, -0.2) is 58.8 Å². The molecule has 1 aliphatic carbocycles. The van der Waals surface area contributed by atoms with Crippen LogP contribution < -0.4 is 11.1 Å². The second kappa shape index (κ2) is 5.12. The Morgan fingerprint density at radius 1 is 1.50 bits per heavy atom. The minimum Gasteiger partial charge on any atom is -0.383 e. The summed E-state index contributed by atoms with van der Waals surface area (Å²) in [6, 6.07) is -0.355. The molecule has 1 aromatic heterocycles. The van der Waals surface area contributed by atoms with Gasteiger partial charge in [0, 0.05) is 12.6 Å². The zero-order chi connectivity index (χ0) is 14.1. The molecule has 8 heteroatoms. The van der Waals surface area contributed by atoms with Gasteiger partial charge in [0.15, 0.2) is 0 Å². The largest absolute Gasteiger partial charge is 0.383 e. The van der Waals surface area contributed by atoms with Gasteiger partial charge in [-0.25, -0.2) is 0 Å². The van der Waals surface area contributed by atoms with Gasteiger partial charge in [0.05, 0.1) is 19.4 Å². The highest BCUT2D eigenvalue weighted by molar-refractivity contribution is 6.00. The maximum Gasteiger partial charge on any atom is 0.260 e. The third-order valence-electron chi connectivity index (χ3n) is 3.51. The van der Waals surface area contributed by atoms with E-state index in [9.17, 15) is 9.59 Å². The Balaban J connectivity index is 1.75. The Morgan fingerprint density at radius 3 is 2.95 bits per heavy atom. The Hall–Kier alpha value is -2.09. The van der Waals surface area contributed by atoms with Crippen LogP contribution in [0.15, 0.2) is 6.20 Å². The SMILES string of the molecule is Nc1[nH]ncc1C(=O)N1CCOCC1C(=O)NC1CC1. The first kappa shape index (κ1) is 12.9. The van der Waals surface area contributed by atoms with Crippen LogP contribution in [0.3, 0.4) is 0 Å². The van der Waals surface area contributed by atoms with Crippen molar-refractivity contribution in [3.8, 4) is 0 Å². The molecule has 1 saturated carbocycles. The number of aromatic nitrogens is 2. The third kappa shape index (κ3) is 2.46. The molecule has 0 radical (unpaired) electrons. The van der Waals surface area contributed by atoms with Crippen molar-refractivity contribution < 1.29 is 14.3 Å². The van der Waals surface area contributed by atoms with Crippen LogP contribution >= 0.6 is 0 Å². The molecule has 3 rings (SSSR count). The summed E-state index contributed by atoms with van der Waals surface area (Å²) in [5, 5.41) is 9.16. The average molecular weight is 279 g/mol. The molecular weight excluding hydrogens is 262 g/mol. The number of H-pyrrole nitrogens is 1. The molecule has 1 aromatic rings. The normalized spacial score (nSPS) is 22.6. The lowest BCUT2D eigenvalue weighted by Gasteiger charge is -2.34. The number of carbonyl (C=O) groups is 2. The number of hydrogen-bond acceptors (Lipinski definition) is 5. The Morgan fingerprint density at radius 2 is 2.30 bits per heavy atom. The standard InChI is InChI=1S/C12H17N5O3/c13-10-8(5-14-16-10)12(19)17-3-4-20-6-9(17)11(18)15-7-1-2-7/h5,7,9H,1-4,6H2,(H,15,18)(H3,13,14,16). The number of carbonyl (C=O) groups excluding carboxylic acids is 2. The first-order chi connectivity index (χ1) is 9.66. The lowest BCUT2D eigenvalue weighted by Crippen LogP contribution is -2.56. The van der Waals surface area contributed by atoms with Crippen LogP contribution in [0.4, 0.5) is 5.82 Å². The summed E-state index contributed by atoms with van der Waals surface area (Å²) in [4.78, 5) is 26.1. The van der Waals surface area contributed by atoms with E-state index in [4.69, 9.17) is 10.5 Å². The smallest absolute Gasteiger partial charge is 0.260 e. The molecule has 2 fully saturated rings. The molecule has 2 amide bonds. The van der Waals surface area contributed by atoms with Gasteiger partial charge in [0.25, 0.3) is 5.91 Å². The summed E-state index contributed by atoms with van der Waals surface area (Å²) >= 11 is 0. The summed E-state index contributed by atoms with van der Waals surface area (Å²) in [5.74, 6) is -0.249. The Labute approximate surface area is 115 Å². The second-order valence-electron chi connectivity index (χ2n) is 5.07. The minimum atomic E-state index is -0.605. The van der Waals surface area contributed by atoms with Gasteiger partial charge in [-0.2, -0.15) is 5.10 Å². The van der Waals surface area contributed by atoms with Crippen molar-refractivity contribution >= 4 is 17.6 Å². The molecule has 2 heterocycles. The maximum atomic E-state index is 12.4. The average Bonchev–Trinajstić information content (AvgIpc) is 3.17. The van der Waals surface area contributed by atoms with Crippen LogP contribution in [0.2, 0.25) is 0 Å². The highest BCUT2D eigenvalue weighted by Gasteiger charge is 2.36. The summed E-state index contributed by atoms with van der Waals surface area (Å²) in [5.41, 5.74) is 5.95. The van der Waals surface area contributed by atoms with Crippen LogP contribution in [0.5, 0.6) is 0 Å². The molecule has 1 unspecified atom stereocenters. The monoisotopic (exact) mass is 279 g/mol. The molecule has 1 aliphatic heterocycles. The fraction of sp³-hybridized carbons (Fsp3) is 0.583. The van der Waals surface area contributed by atoms with Crippen LogP contribution in [-0.2, 0) is 9.53 Å². The molecule has 1 saturated heterocycles. The van der Waals surface area contributed by atoms with Crippen molar-refractivity contribution in [1.29, 1.82) is 0 Å². The van der Waals surface area contributed by atoms with Crippen LogP contribution in [0, 0.1) is 0 Å². The van der Waals surface area contributed by atoms with E-state index in [-0.39, 0.29) is 35.8 Å². The molecular formula is C12H17N5O3. The van der Waals surface area contributed by atoms with Gasteiger partial charge in [0.2, 0.25) is 5.91 Å². The minimum absolute atomic E-state index is 0.164. The first-order valence-electron chi connectivity index (χ1n) is 6.64. The van der Waals surface area contributed by atoms with Crippen molar-refractivity contribution in [3.05, 3.63) is 11.8 Å². The number of rotatable bonds is 3. The van der Waals surface area contributed by atoms with E-state index in [0.717, 1.165) is 12.8 Å². The van der Waals surface area contributed by atoms with E-state index >= 15 is 0 Å². The summed E-state index contributed by atoms with van der Waals surface area (Å²) in [6.07, 6.45) is 3.38. The van der Waals surface area contributed by atoms with Crippen LogP contribution in [0.1, 0.15) is 23.2 Å². The summed E-state index contributed by atoms with van der Waals surface area (Å²) in [7, 11) is 0. The van der Waals surface area contributed by atoms with E-state index in [1.54, 1.807) is 0 Å². The molecule has 108 valence electrons. The fourth-order valence-corrected chi connectivity index (χ4v) is 2.21. The Bertz CT molecular complexity index is 525. The number of hydrogen-bond donors (Lipinski definition) is 3. The molecule has 1 atom stereocenters. The van der Waals surface area contributed by atoms with Gasteiger partial charge in [-0.15, -0.1) is 0 Å². The van der Waals surface area contributed by atoms with E-state index in [1.165, 1.54) is 11.1 Å². The lowest BCUT2D eigenvalue weighted by atomic mass is 10.1. The lowest BCUT2D eigenvalue weighted by molar-refractivity contribution is -0.130. The van der Waals surface area contributed by atoms with Crippen molar-refractivity contribution in [2.45, 2.75) is 24.9 Å². The number of aromatic amines is 1. The number of morpholine rings is 1. The van der Waals surface area contributed by atoms with Crippen molar-refractivity contribution in [3.63, 3.8) is 0 Å². The number of nitrogens with zero attached hydrogens (tertiary/aromatic N) is 2. The second-order valence-corrected chi connectivity index (χ2v) is 5.07. The maximum absolute atomic E-state index is 12.4. The quantitative estimate of drug-likeness (QED) is 0.664. The van der Waals surface area contributed by atoms with E-state index < -0.39 is 6.04 Å². The van der Waals surface area contributed by atoms with Gasteiger partial charge in [-0.3, -0.25) is 14.7 Å². The number of nitrogen functional groups attached to an aromatic ring is 1. The van der Waals surface area contributed by atoms with Crippen LogP contribution in [0.25, 0.3) is 0 Å². The zero-order valence-electron chi connectivity index (χ0n) is 11.0. The molecule has 8 nitrogen and oxygen atoms in total. The molecule has 0 bridgehead atoms. The molecule has 20 heavy (non-hydrogen) atoms. The number of nitrogens with one attached hydrogen (secondary N) is 2. The molecule has 2 aliphatic rings. The Kier molecular flexibility index (Phi) is 3.31. The highest BCUT2D eigenvalue weighted by Crippen LogP contribution is 2.20. The van der Waals surface area contributed by atoms with Gasteiger partial charge >= 0.3 is 0 Å². The zero-order valence-corrected chi connectivity index (χ0v) is 11.0. The van der Waals surface area contributed by atoms with Gasteiger partial charge in [0.1, 0.15) is 17.4 Å². The van der Waals surface area contributed by atoms with E-state index in [2.05, 4.69) is 15.5 Å². The van der Waals surface area contributed by atoms with Gasteiger partial charge in [-0.05, 0) is 12.8 Å². The van der Waals surface area contributed by atoms with Gasteiger partial charge in [-0.1, -0.05) is 0 Å². The number of ether oxygens (including phenoxy) is 1. The predicted molar refractivity (Wildman–Crippen MR) is 69.8 cm³/mol. The van der Waals surface area contributed by atoms with Crippen molar-refractivity contribution in [1.82, 2.24) is 20.4 Å². The summed E-state index contributed by atoms with van der Waals surface area (Å²) in [6.45, 7) is 0.991. The molecule has 0 aromatic carbocycles. The third-order valence-corrected chi connectivity index (χ3v) is 3.51. The number of nitrogens with two attached hydrogens (primary N) is 1. The van der Waals surface area contributed by atoms with Crippen molar-refractivity contribution in [2.24, 2.45) is 0 Å². The first-order valence-corrected chi connectivity index (χ1v) is 6.64. The number of amides is 2. The highest BCUT2D eigenvalue weighted by atomic mass is 16.5. The predicted octanol–water partition coefficient (Wildman–Crippen LogP) is -0.888. The molecule has 4 N–H and O–H groups in total. The van der Waals surface area contributed by atoms with E-state index in [1.807, 2.05) is 0 Å². The fourth-order valence-electron chi connectivity index (χ4n) is 2.21. The van der Waals surface area contributed by atoms with Gasteiger partial charge < -0.3 is 20.7 Å². The van der Waals surface area contributed by atoms with E-state index in [0.29, 0.717) is 13.2 Å². The van der Waals surface area contributed by atoms with Crippen molar-refractivity contribution in [2.75, 3.05) is 25.5 Å². The topological polar surface area (TPSA) is 113 Å². The number of anilines is 1.